The molecule has 2 heterocycles. The summed E-state index contributed by atoms with van der Waals surface area (Å²) in [5.41, 5.74) is 0. The smallest absolute Gasteiger partial charge is 0.242 e. The van der Waals surface area contributed by atoms with Crippen LogP contribution in [0.25, 0.3) is 0 Å². The van der Waals surface area contributed by atoms with Crippen molar-refractivity contribution in [2.24, 2.45) is 0 Å². The Morgan fingerprint density at radius 1 is 1.24 bits per heavy atom. The number of morpholine rings is 1. The maximum absolute atomic E-state index is 12.6. The normalized spacial score (nSPS) is 23.4. The minimum Gasteiger partial charge on any atom is -0.379 e. The zero-order chi connectivity index (χ0) is 18.4. The minimum absolute atomic E-state index is 0.00403. The summed E-state index contributed by atoms with van der Waals surface area (Å²) in [4.78, 5) is 29.9. The van der Waals surface area contributed by atoms with Gasteiger partial charge in [0.15, 0.2) is 9.84 Å². The van der Waals surface area contributed by atoms with Gasteiger partial charge >= 0.3 is 0 Å². The molecule has 2 rings (SSSR count). The second-order valence-electron chi connectivity index (χ2n) is 6.63. The van der Waals surface area contributed by atoms with E-state index in [1.54, 1.807) is 9.80 Å². The quantitative estimate of drug-likeness (QED) is 0.579. The first-order valence-corrected chi connectivity index (χ1v) is 10.7. The standard InChI is InChI=1S/C16H29N3O5S/c1-3-19(15-4-11-25(22,23)13-15)16(21)12-18(14(2)20)6-5-17-7-9-24-10-8-17/h15H,3-13H2,1-2H3. The summed E-state index contributed by atoms with van der Waals surface area (Å²) in [7, 11) is -3.05. The molecule has 2 fully saturated rings. The zero-order valence-electron chi connectivity index (χ0n) is 15.1. The van der Waals surface area contributed by atoms with E-state index < -0.39 is 9.84 Å². The van der Waals surface area contributed by atoms with Gasteiger partial charge in [0.1, 0.15) is 0 Å². The van der Waals surface area contributed by atoms with E-state index in [2.05, 4.69) is 4.90 Å². The van der Waals surface area contributed by atoms with Crippen molar-refractivity contribution in [3.8, 4) is 0 Å². The van der Waals surface area contributed by atoms with Crippen molar-refractivity contribution in [3.63, 3.8) is 0 Å². The Hall–Kier alpha value is -1.19. The van der Waals surface area contributed by atoms with Gasteiger partial charge in [-0.25, -0.2) is 8.42 Å². The molecule has 0 spiro atoms. The lowest BCUT2D eigenvalue weighted by Gasteiger charge is -2.32. The highest BCUT2D eigenvalue weighted by Crippen LogP contribution is 2.18. The van der Waals surface area contributed by atoms with Crippen LogP contribution in [0.4, 0.5) is 0 Å². The maximum atomic E-state index is 12.6. The molecule has 0 radical (unpaired) electrons. The van der Waals surface area contributed by atoms with Crippen LogP contribution in [-0.4, -0.2) is 105 Å². The van der Waals surface area contributed by atoms with Crippen LogP contribution in [0.5, 0.6) is 0 Å². The Balaban J connectivity index is 1.90. The Morgan fingerprint density at radius 3 is 2.44 bits per heavy atom. The van der Waals surface area contributed by atoms with Crippen LogP contribution in [0.2, 0.25) is 0 Å². The summed E-state index contributed by atoms with van der Waals surface area (Å²) in [6, 6.07) is -0.268. The fraction of sp³-hybridized carbons (Fsp3) is 0.875. The molecule has 2 aliphatic heterocycles. The largest absolute Gasteiger partial charge is 0.379 e. The van der Waals surface area contributed by atoms with E-state index in [1.807, 2.05) is 6.92 Å². The molecule has 0 bridgehead atoms. The van der Waals surface area contributed by atoms with Gasteiger partial charge in [-0.05, 0) is 13.3 Å². The molecular formula is C16H29N3O5S. The third-order valence-electron chi connectivity index (χ3n) is 4.87. The lowest BCUT2D eigenvalue weighted by atomic mass is 10.2. The predicted octanol–water partition coefficient (Wildman–Crippen LogP) is -0.797. The van der Waals surface area contributed by atoms with Crippen molar-refractivity contribution in [2.75, 3.05) is 64.0 Å². The van der Waals surface area contributed by atoms with Gasteiger partial charge < -0.3 is 14.5 Å². The molecule has 8 nitrogen and oxygen atoms in total. The highest BCUT2D eigenvalue weighted by molar-refractivity contribution is 7.91. The molecule has 2 saturated heterocycles. The first kappa shape index (κ1) is 20.1. The van der Waals surface area contributed by atoms with Crippen LogP contribution < -0.4 is 0 Å². The molecule has 0 aromatic carbocycles. The number of amides is 2. The SMILES string of the molecule is CCN(C(=O)CN(CCN1CCOCC1)C(C)=O)C1CCS(=O)(=O)C1. The predicted molar refractivity (Wildman–Crippen MR) is 94.0 cm³/mol. The van der Waals surface area contributed by atoms with Gasteiger partial charge in [0.2, 0.25) is 11.8 Å². The van der Waals surface area contributed by atoms with Crippen LogP contribution in [0.3, 0.4) is 0 Å². The van der Waals surface area contributed by atoms with E-state index in [-0.39, 0.29) is 35.9 Å². The first-order valence-electron chi connectivity index (χ1n) is 8.88. The van der Waals surface area contributed by atoms with Crippen LogP contribution in [0.1, 0.15) is 20.3 Å². The van der Waals surface area contributed by atoms with E-state index >= 15 is 0 Å². The molecule has 144 valence electrons. The van der Waals surface area contributed by atoms with Gasteiger partial charge in [0.25, 0.3) is 0 Å². The average Bonchev–Trinajstić information content (AvgIpc) is 2.92. The third kappa shape index (κ3) is 5.93. The van der Waals surface area contributed by atoms with E-state index in [1.165, 1.54) is 6.92 Å². The fourth-order valence-electron chi connectivity index (χ4n) is 3.35. The molecule has 25 heavy (non-hydrogen) atoms. The molecule has 0 saturated carbocycles. The number of nitrogens with zero attached hydrogens (tertiary/aromatic N) is 3. The molecule has 0 aromatic rings. The number of hydrogen-bond acceptors (Lipinski definition) is 6. The Bertz CT molecular complexity index is 574. The first-order chi connectivity index (χ1) is 11.8. The van der Waals surface area contributed by atoms with Crippen molar-refractivity contribution in [2.45, 2.75) is 26.3 Å². The van der Waals surface area contributed by atoms with Gasteiger partial charge in [-0.1, -0.05) is 0 Å². The molecular weight excluding hydrogens is 346 g/mol. The van der Waals surface area contributed by atoms with Gasteiger partial charge in [0, 0.05) is 45.7 Å². The second-order valence-corrected chi connectivity index (χ2v) is 8.86. The number of carbonyl (C=O) groups excluding carboxylic acids is 2. The summed E-state index contributed by atoms with van der Waals surface area (Å²) in [5, 5.41) is 0. The number of sulfone groups is 1. The summed E-state index contributed by atoms with van der Waals surface area (Å²) in [6.07, 6.45) is 0.482. The monoisotopic (exact) mass is 375 g/mol. The Morgan fingerprint density at radius 2 is 1.92 bits per heavy atom. The number of hydrogen-bond donors (Lipinski definition) is 0. The summed E-state index contributed by atoms with van der Waals surface area (Å²) >= 11 is 0. The van der Waals surface area contributed by atoms with Crippen molar-refractivity contribution in [1.29, 1.82) is 0 Å². The van der Waals surface area contributed by atoms with Crippen molar-refractivity contribution in [1.82, 2.24) is 14.7 Å². The van der Waals surface area contributed by atoms with Gasteiger partial charge in [0.05, 0.1) is 31.3 Å². The summed E-state index contributed by atoms with van der Waals surface area (Å²) in [6.45, 7) is 8.01. The number of ether oxygens (including phenoxy) is 1. The van der Waals surface area contributed by atoms with E-state index in [0.717, 1.165) is 13.1 Å². The molecule has 0 N–H and O–H groups in total. The van der Waals surface area contributed by atoms with Crippen molar-refractivity contribution >= 4 is 21.7 Å². The molecule has 0 aliphatic carbocycles. The van der Waals surface area contributed by atoms with E-state index in [9.17, 15) is 18.0 Å². The highest BCUT2D eigenvalue weighted by atomic mass is 32.2. The third-order valence-corrected chi connectivity index (χ3v) is 6.62. The van der Waals surface area contributed by atoms with E-state index in [4.69, 9.17) is 4.74 Å². The highest BCUT2D eigenvalue weighted by Gasteiger charge is 2.34. The minimum atomic E-state index is -3.05. The van der Waals surface area contributed by atoms with Crippen molar-refractivity contribution in [3.05, 3.63) is 0 Å². The summed E-state index contributed by atoms with van der Waals surface area (Å²) < 4.78 is 28.7. The topological polar surface area (TPSA) is 87.2 Å². The zero-order valence-corrected chi connectivity index (χ0v) is 16.0. The van der Waals surface area contributed by atoms with Gasteiger partial charge in [-0.15, -0.1) is 0 Å². The van der Waals surface area contributed by atoms with E-state index in [0.29, 0.717) is 39.3 Å². The molecule has 2 aliphatic rings. The fourth-order valence-corrected chi connectivity index (χ4v) is 5.08. The average molecular weight is 375 g/mol. The molecule has 1 atom stereocenters. The second kappa shape index (κ2) is 8.95. The molecule has 2 amide bonds. The van der Waals surface area contributed by atoms with Crippen molar-refractivity contribution < 1.29 is 22.7 Å². The summed E-state index contributed by atoms with van der Waals surface area (Å²) in [5.74, 6) is -0.159. The maximum Gasteiger partial charge on any atom is 0.242 e. The number of rotatable bonds is 7. The lowest BCUT2D eigenvalue weighted by molar-refractivity contribution is -0.140. The molecule has 0 aromatic heterocycles. The van der Waals surface area contributed by atoms with Gasteiger partial charge in [-0.2, -0.15) is 0 Å². The van der Waals surface area contributed by atoms with Crippen LogP contribution in [0, 0.1) is 0 Å². The molecule has 1 unspecified atom stereocenters. The molecule has 9 heteroatoms. The Kier molecular flexibility index (Phi) is 7.21. The van der Waals surface area contributed by atoms with Crippen LogP contribution in [-0.2, 0) is 24.2 Å². The van der Waals surface area contributed by atoms with Crippen LogP contribution in [0.15, 0.2) is 0 Å². The number of carbonyl (C=O) groups is 2. The Labute approximate surface area is 150 Å². The number of likely N-dealkylation sites (N-methyl/N-ethyl adjacent to an activating group) is 1. The van der Waals surface area contributed by atoms with Gasteiger partial charge in [-0.3, -0.25) is 14.5 Å². The lowest BCUT2D eigenvalue weighted by Crippen LogP contribution is -2.49. The van der Waals surface area contributed by atoms with Crippen LogP contribution >= 0.6 is 0 Å².